The fraction of sp³-hybridized carbons (Fsp3) is 0.896. The summed E-state index contributed by atoms with van der Waals surface area (Å²) in [6, 6.07) is -13.7. The molecule has 0 radical (unpaired) electrons. The van der Waals surface area contributed by atoms with Gasteiger partial charge in [0, 0.05) is 98.5 Å². The lowest BCUT2D eigenvalue weighted by Crippen LogP contribution is -2.65. The molecule has 3 heterocycles. The van der Waals surface area contributed by atoms with Crippen molar-refractivity contribution >= 4 is 64.6 Å². The molecule has 3 saturated heterocycles. The molecule has 55 nitrogen and oxygen atoms in total. The van der Waals surface area contributed by atoms with Gasteiger partial charge in [0.1, 0.15) is 36.6 Å². The Morgan fingerprint density at radius 3 is 1.08 bits per heavy atom. The van der Waals surface area contributed by atoms with Crippen LogP contribution in [-0.4, -0.2) is 244 Å². The van der Waals surface area contributed by atoms with Gasteiger partial charge in [-0.3, -0.25) is 24.6 Å². The van der Waals surface area contributed by atoms with E-state index in [0.717, 1.165) is 41.5 Å². The van der Waals surface area contributed by atoms with Crippen LogP contribution in [-0.2, 0) is 66.5 Å². The Morgan fingerprint density at radius 2 is 0.696 bits per heavy atom. The Hall–Kier alpha value is -10.8. The summed E-state index contributed by atoms with van der Waals surface area (Å²) in [5, 5.41) is 87.0. The van der Waals surface area contributed by atoms with Crippen LogP contribution in [0, 0.1) is 17.2 Å². The molecule has 3 aliphatic heterocycles. The summed E-state index contributed by atoms with van der Waals surface area (Å²) in [7, 11) is 0. The van der Waals surface area contributed by atoms with Gasteiger partial charge in [-0.15, -0.1) is 0 Å². The van der Waals surface area contributed by atoms with E-state index in [1.165, 1.54) is 0 Å². The monoisotopic (exact) mass is 1660 g/mol. The van der Waals surface area contributed by atoms with Crippen molar-refractivity contribution in [2.24, 2.45) is 73.2 Å². The number of aliphatic hydroxyl groups is 4. The smallest absolute Gasteiger partial charge is 0.303 e. The van der Waals surface area contributed by atoms with Gasteiger partial charge in [0.2, 0.25) is 12.2 Å². The highest BCUT2D eigenvalue weighted by molar-refractivity contribution is 6.76. The van der Waals surface area contributed by atoms with Gasteiger partial charge in [-0.25, -0.2) is 26.3 Å². The molecule has 3 saturated carbocycles. The Balaban J connectivity index is 0.000000396. The fourth-order valence-electron chi connectivity index (χ4n) is 11.5. The molecule has 0 spiro atoms. The van der Waals surface area contributed by atoms with Crippen molar-refractivity contribution < 1.29 is 113 Å². The average molecular weight is 1670 g/mol. The number of alkyl halides is 9. The second-order valence-corrected chi connectivity index (χ2v) is 25.9. The molecule has 3 aliphatic carbocycles. The van der Waals surface area contributed by atoms with Crippen molar-refractivity contribution in [2.75, 3.05) is 19.6 Å². The molecule has 0 unspecified atom stereocenters. The summed E-state index contributed by atoms with van der Waals surface area (Å²) in [6.45, 7) is 4.81. The van der Waals surface area contributed by atoms with E-state index in [4.69, 9.17) is 154 Å². The van der Waals surface area contributed by atoms with Crippen LogP contribution in [0.1, 0.15) is 60.8 Å². The lowest BCUT2D eigenvalue weighted by Gasteiger charge is -2.48. The summed E-state index contributed by atoms with van der Waals surface area (Å²) >= 11 is 16.2. The van der Waals surface area contributed by atoms with Gasteiger partial charge in [-0.05, 0) is 85.6 Å². The van der Waals surface area contributed by atoms with Crippen LogP contribution in [0.3, 0.4) is 0 Å². The molecule has 64 heteroatoms. The number of ether oxygens (including phenoxy) is 10. The molecular formula is C48H62Cl3F6N37O18. The molecule has 27 atom stereocenters. The molecule has 0 aromatic carbocycles. The molecule has 0 aromatic rings. The van der Waals surface area contributed by atoms with Gasteiger partial charge in [-0.2, -0.15) is 0 Å². The number of esters is 4. The molecule has 0 aromatic heterocycles. The molecule has 6 fully saturated rings. The number of rotatable bonds is 24. The second kappa shape index (κ2) is 44.3. The SMILES string of the molecule is CC(=O)O[C@@H]1[C@@H](OC(C)=O)[C@H](N=[N+]=[N-])C[C@H](N=[N+]=[N-])[C@H]1O[C@H]1O[C@H](CN=[N+]=[N-])[C@@H](C)C(F)(F)[C@H]1N=[N+]=[N-].CC(=O)O[C@@H]1[C@@H](OC(C)=O)[C@H](O)[C@@H](N=[N+]=[N-])C[C@H]1N=[N+]=[N-].C[C@@H]1[C@@H](CN=[N+]=[N-])O[C@H](OC(=N)C(Cl)(Cl)Cl)[C@H](N=[N+]=[N-])C1(F)F.[N-]=[N+]=NC[C@H]1O[C@H](O[C@H]2[C@H](O)[C@@H](O)[C@H](N=[N+]=[N-])C[C@@H]2N=[N+]=[N-])[C@H](N=[N+]=[N-])C(F)(F)[C@@H]1O. The summed E-state index contributed by atoms with van der Waals surface area (Å²) in [6.07, 6.45) is -27.4. The zero-order chi connectivity index (χ0) is 84.8. The summed E-state index contributed by atoms with van der Waals surface area (Å²) in [5.74, 6) is -18.6. The van der Waals surface area contributed by atoms with Crippen LogP contribution in [0.2, 0.25) is 0 Å². The molecule has 6 rings (SSSR count). The van der Waals surface area contributed by atoms with E-state index in [0.29, 0.717) is 0 Å². The first-order valence-electron chi connectivity index (χ1n) is 31.2. The van der Waals surface area contributed by atoms with Crippen LogP contribution >= 0.6 is 34.8 Å². The zero-order valence-electron chi connectivity index (χ0n) is 57.8. The maximum absolute atomic E-state index is 15.2. The van der Waals surface area contributed by atoms with Crippen molar-refractivity contribution in [2.45, 2.75) is 235 Å². The summed E-state index contributed by atoms with van der Waals surface area (Å²) in [4.78, 5) is 76.0. The van der Waals surface area contributed by atoms with E-state index >= 15 is 8.78 Å². The molecule has 0 bridgehead atoms. The average Bonchev–Trinajstić information content (AvgIpc) is 0.785. The standard InChI is InChI=1S/C17H22F2N12O6.C12H16F2N12O5.C10H14N6O5.C9H10Cl3F2N7O2/c1-6-11(5-24-28-20)36-16(15(27-31-23)17(6,18)19)37-13-10(26-30-22)4-9(25-29-21)12(34-7(2)32)14(13)35-8(3)33;13-12(14)9(22-26-18)11(30-5(10(12)29)2-19-23-15)31-8-4(21-25-17)1-3(20-24-16)6(27)7(8)28;1-4(17)20-9-7(14-16-12)3-6(13-15-11)8(19)10(9)21-5(2)18;1-3-4(2-18-20-16)22-6(23-7(15)9(10,11)12)5(19-21-17)8(3,13)14/h6,9-16H,4-5H2,1-3H3;3-11,27-29H,1-2H2;6-10,19H,3H2,1-2H3;3-6,15H,2H2,1H3/t6-,9-,10+,11-,12+,13-,14-,15+,16-;3-,4+,5-,6+,7-,8-,9+,10-,11-;6-,7+,8+,9-,10-;3-,4-,5+,6-/m1101/s1. The van der Waals surface area contributed by atoms with E-state index in [9.17, 15) is 57.2 Å². The first-order chi connectivity index (χ1) is 52.7. The van der Waals surface area contributed by atoms with Gasteiger partial charge in [0.05, 0.1) is 86.4 Å². The van der Waals surface area contributed by atoms with Gasteiger partial charge < -0.3 is 67.8 Å². The van der Waals surface area contributed by atoms with Gasteiger partial charge >= 0.3 is 23.9 Å². The van der Waals surface area contributed by atoms with Crippen LogP contribution in [0.15, 0.2) is 61.4 Å². The fourth-order valence-corrected chi connectivity index (χ4v) is 11.7. The van der Waals surface area contributed by atoms with Crippen molar-refractivity contribution in [3.8, 4) is 0 Å². The van der Waals surface area contributed by atoms with Crippen LogP contribution in [0.4, 0.5) is 26.3 Å². The van der Waals surface area contributed by atoms with Gasteiger partial charge in [-0.1, -0.05) is 110 Å². The van der Waals surface area contributed by atoms with E-state index < -0.39 is 235 Å². The Morgan fingerprint density at radius 1 is 0.402 bits per heavy atom. The minimum Gasteiger partial charge on any atom is -0.458 e. The van der Waals surface area contributed by atoms with Gasteiger partial charge in [0.15, 0.2) is 42.9 Å². The third kappa shape index (κ3) is 25.3. The van der Waals surface area contributed by atoms with Crippen molar-refractivity contribution in [3.63, 3.8) is 0 Å². The Labute approximate surface area is 634 Å². The third-order valence-corrected chi connectivity index (χ3v) is 17.2. The molecule has 6 aliphatic rings. The normalized spacial score (nSPS) is 34.1. The predicted molar refractivity (Wildman–Crippen MR) is 357 cm³/mol. The lowest BCUT2D eigenvalue weighted by molar-refractivity contribution is -0.321. The number of nitrogens with one attached hydrogen (secondary N) is 1. The number of azide groups is 12. The summed E-state index contributed by atoms with van der Waals surface area (Å²) < 4.78 is 139. The summed E-state index contributed by atoms with van der Waals surface area (Å²) in [5.41, 5.74) is 104. The number of hydrogen-bond acceptors (Lipinski definition) is 31. The van der Waals surface area contributed by atoms with E-state index in [-0.39, 0.29) is 19.3 Å². The Bertz CT molecular complexity index is 3970. The largest absolute Gasteiger partial charge is 0.458 e. The van der Waals surface area contributed by atoms with E-state index in [1.54, 1.807) is 0 Å². The highest BCUT2D eigenvalue weighted by Crippen LogP contribution is 2.46. The number of carbonyl (C=O) groups excluding carboxylic acids is 4. The molecule has 610 valence electrons. The number of carbonyl (C=O) groups is 4. The minimum absolute atomic E-state index is 0.0367. The highest BCUT2D eigenvalue weighted by atomic mass is 35.6. The zero-order valence-corrected chi connectivity index (χ0v) is 60.1. The second-order valence-electron chi connectivity index (χ2n) is 23.6. The first kappa shape index (κ1) is 95.4. The quantitative estimate of drug-likeness (QED) is 0.00690. The molecular weight excluding hydrogens is 1600 g/mol. The predicted octanol–water partition coefficient (Wildman–Crippen LogP) is 10.9. The Kier molecular flexibility index (Phi) is 37.7. The maximum atomic E-state index is 15.2. The number of hydrogen-bond donors (Lipinski definition) is 5. The highest BCUT2D eigenvalue weighted by Gasteiger charge is 2.63. The van der Waals surface area contributed by atoms with Crippen LogP contribution in [0.5, 0.6) is 0 Å². The number of halogens is 9. The molecule has 112 heavy (non-hydrogen) atoms. The van der Waals surface area contributed by atoms with Gasteiger partial charge in [0.25, 0.3) is 21.6 Å². The van der Waals surface area contributed by atoms with E-state index in [1.807, 2.05) is 0 Å². The minimum atomic E-state index is -4.11. The maximum Gasteiger partial charge on any atom is 0.303 e. The third-order valence-electron chi connectivity index (χ3n) is 16.7. The lowest BCUT2D eigenvalue weighted by atomic mass is 9.83. The van der Waals surface area contributed by atoms with Crippen molar-refractivity contribution in [1.29, 1.82) is 5.41 Å². The van der Waals surface area contributed by atoms with Crippen LogP contribution < -0.4 is 0 Å². The van der Waals surface area contributed by atoms with Crippen molar-refractivity contribution in [1.82, 2.24) is 0 Å². The number of nitrogens with zero attached hydrogens (tertiary/aromatic N) is 36. The van der Waals surface area contributed by atoms with E-state index in [2.05, 4.69) is 120 Å². The molecule has 5 N–H and O–H groups in total. The van der Waals surface area contributed by atoms with Crippen molar-refractivity contribution in [3.05, 3.63) is 125 Å². The first-order valence-corrected chi connectivity index (χ1v) is 32.4. The number of aliphatic hydroxyl groups excluding tert-OH is 4. The van der Waals surface area contributed by atoms with Crippen LogP contribution in [0.25, 0.3) is 125 Å². The topological polar surface area (TPSA) is 850 Å². The molecule has 0 amide bonds.